The maximum Gasteiger partial charge on any atom is 0.254 e. The SMILES string of the molecule is CC(C)(CO)Nc1ncc(C(=O)NC2C3CC4CC2CC(O)(C4)C3)c(C2CCC2)n1. The summed E-state index contributed by atoms with van der Waals surface area (Å²) in [4.78, 5) is 22.4. The van der Waals surface area contributed by atoms with Gasteiger partial charge in [0.15, 0.2) is 0 Å². The fourth-order valence-electron chi connectivity index (χ4n) is 6.41. The van der Waals surface area contributed by atoms with Crippen LogP contribution in [0.4, 0.5) is 5.95 Å². The summed E-state index contributed by atoms with van der Waals surface area (Å²) in [5.41, 5.74) is 0.387. The zero-order chi connectivity index (χ0) is 21.1. The number of hydrogen-bond acceptors (Lipinski definition) is 6. The summed E-state index contributed by atoms with van der Waals surface area (Å²) in [7, 11) is 0. The van der Waals surface area contributed by atoms with Gasteiger partial charge in [-0.1, -0.05) is 6.42 Å². The summed E-state index contributed by atoms with van der Waals surface area (Å²) in [6, 6.07) is 0.148. The monoisotopic (exact) mass is 414 g/mol. The lowest BCUT2D eigenvalue weighted by molar-refractivity contribution is -0.136. The maximum atomic E-state index is 13.3. The van der Waals surface area contributed by atoms with E-state index in [-0.39, 0.29) is 18.6 Å². The smallest absolute Gasteiger partial charge is 0.254 e. The lowest BCUT2D eigenvalue weighted by atomic mass is 9.52. The Morgan fingerprint density at radius 3 is 2.50 bits per heavy atom. The summed E-state index contributed by atoms with van der Waals surface area (Å²) in [6.07, 6.45) is 9.71. The van der Waals surface area contributed by atoms with Gasteiger partial charge in [0.05, 0.1) is 29.0 Å². The summed E-state index contributed by atoms with van der Waals surface area (Å²) < 4.78 is 0. The molecule has 1 amide bonds. The molecule has 2 atom stereocenters. The molecule has 7 heteroatoms. The lowest BCUT2D eigenvalue weighted by Crippen LogP contribution is -2.61. The van der Waals surface area contributed by atoms with E-state index in [9.17, 15) is 15.0 Å². The van der Waals surface area contributed by atoms with Gasteiger partial charge in [-0.15, -0.1) is 0 Å². The van der Waals surface area contributed by atoms with E-state index in [0.29, 0.717) is 35.2 Å². The first kappa shape index (κ1) is 20.2. The second kappa shape index (κ2) is 7.16. The first-order chi connectivity index (χ1) is 14.3. The average molecular weight is 415 g/mol. The van der Waals surface area contributed by atoms with E-state index in [1.807, 2.05) is 13.8 Å². The van der Waals surface area contributed by atoms with Gasteiger partial charge in [0, 0.05) is 18.2 Å². The molecule has 0 radical (unpaired) electrons. The van der Waals surface area contributed by atoms with Gasteiger partial charge in [0.2, 0.25) is 5.95 Å². The summed E-state index contributed by atoms with van der Waals surface area (Å²) in [5.74, 6) is 2.06. The molecule has 1 aromatic rings. The predicted molar refractivity (Wildman–Crippen MR) is 113 cm³/mol. The van der Waals surface area contributed by atoms with Crippen molar-refractivity contribution in [2.24, 2.45) is 17.8 Å². The second-order valence-electron chi connectivity index (χ2n) is 11.0. The van der Waals surface area contributed by atoms with Gasteiger partial charge in [-0.2, -0.15) is 0 Å². The van der Waals surface area contributed by atoms with Gasteiger partial charge < -0.3 is 20.8 Å². The molecule has 164 valence electrons. The third-order valence-electron chi connectivity index (χ3n) is 7.94. The van der Waals surface area contributed by atoms with Crippen molar-refractivity contribution in [1.82, 2.24) is 15.3 Å². The van der Waals surface area contributed by atoms with Crippen molar-refractivity contribution in [2.45, 2.75) is 88.3 Å². The Morgan fingerprint density at radius 2 is 1.93 bits per heavy atom. The highest BCUT2D eigenvalue weighted by Gasteiger charge is 2.55. The number of hydrogen-bond donors (Lipinski definition) is 4. The summed E-state index contributed by atoms with van der Waals surface area (Å²) >= 11 is 0. The molecule has 30 heavy (non-hydrogen) atoms. The van der Waals surface area contributed by atoms with Crippen molar-refractivity contribution >= 4 is 11.9 Å². The second-order valence-corrected chi connectivity index (χ2v) is 11.0. The van der Waals surface area contributed by atoms with Crippen LogP contribution in [0.5, 0.6) is 0 Å². The van der Waals surface area contributed by atoms with Crippen molar-refractivity contribution < 1.29 is 15.0 Å². The third-order valence-corrected chi connectivity index (χ3v) is 7.94. The highest BCUT2D eigenvalue weighted by molar-refractivity contribution is 5.95. The first-order valence-corrected chi connectivity index (χ1v) is 11.5. The van der Waals surface area contributed by atoms with Crippen LogP contribution in [0.2, 0.25) is 0 Å². The largest absolute Gasteiger partial charge is 0.394 e. The van der Waals surface area contributed by atoms with Crippen LogP contribution in [-0.2, 0) is 0 Å². The number of rotatable bonds is 6. The van der Waals surface area contributed by atoms with Gasteiger partial charge in [0.25, 0.3) is 5.91 Å². The van der Waals surface area contributed by atoms with Crippen LogP contribution in [0, 0.1) is 17.8 Å². The molecule has 1 heterocycles. The molecular weight excluding hydrogens is 380 g/mol. The molecule has 5 saturated carbocycles. The van der Waals surface area contributed by atoms with Crippen molar-refractivity contribution in [3.63, 3.8) is 0 Å². The maximum absolute atomic E-state index is 13.3. The molecular formula is C23H34N4O3. The molecule has 4 N–H and O–H groups in total. The molecule has 2 unspecified atom stereocenters. The molecule has 7 nitrogen and oxygen atoms in total. The Bertz CT molecular complexity index is 822. The third kappa shape index (κ3) is 3.60. The summed E-state index contributed by atoms with van der Waals surface area (Å²) in [6.45, 7) is 3.75. The Labute approximate surface area is 178 Å². The van der Waals surface area contributed by atoms with Gasteiger partial charge in [0.1, 0.15) is 0 Å². The minimum Gasteiger partial charge on any atom is -0.394 e. The molecule has 0 saturated heterocycles. The van der Waals surface area contributed by atoms with Crippen LogP contribution in [0.3, 0.4) is 0 Å². The van der Waals surface area contributed by atoms with Crippen LogP contribution >= 0.6 is 0 Å². The molecule has 6 rings (SSSR count). The number of nitrogens with one attached hydrogen (secondary N) is 2. The first-order valence-electron chi connectivity index (χ1n) is 11.5. The van der Waals surface area contributed by atoms with Crippen molar-refractivity contribution in [3.05, 3.63) is 17.5 Å². The van der Waals surface area contributed by atoms with E-state index in [0.717, 1.165) is 57.1 Å². The van der Waals surface area contributed by atoms with E-state index in [4.69, 9.17) is 4.98 Å². The van der Waals surface area contributed by atoms with Crippen LogP contribution in [0.15, 0.2) is 6.20 Å². The number of aromatic nitrogens is 2. The van der Waals surface area contributed by atoms with Crippen molar-refractivity contribution in [3.8, 4) is 0 Å². The minimum atomic E-state index is -0.526. The highest BCUT2D eigenvalue weighted by Crippen LogP contribution is 2.55. The molecule has 5 aliphatic rings. The molecule has 5 aliphatic carbocycles. The number of amides is 1. The van der Waals surface area contributed by atoms with Crippen LogP contribution < -0.4 is 10.6 Å². The number of carbonyl (C=O) groups excluding carboxylic acids is 1. The van der Waals surface area contributed by atoms with E-state index < -0.39 is 11.1 Å². The molecule has 1 aromatic heterocycles. The topological polar surface area (TPSA) is 107 Å². The van der Waals surface area contributed by atoms with E-state index >= 15 is 0 Å². The summed E-state index contributed by atoms with van der Waals surface area (Å²) in [5, 5.41) is 26.8. The minimum absolute atomic E-state index is 0.0326. The van der Waals surface area contributed by atoms with Crippen molar-refractivity contribution in [2.75, 3.05) is 11.9 Å². The molecule has 5 fully saturated rings. The van der Waals surface area contributed by atoms with E-state index in [2.05, 4.69) is 15.6 Å². The van der Waals surface area contributed by atoms with E-state index in [1.165, 1.54) is 0 Å². The fraction of sp³-hybridized carbons (Fsp3) is 0.783. The normalized spacial score (nSPS) is 35.2. The Balaban J connectivity index is 1.36. The lowest BCUT2D eigenvalue weighted by Gasteiger charge is -2.58. The number of nitrogens with zero attached hydrogens (tertiary/aromatic N) is 2. The van der Waals surface area contributed by atoms with Gasteiger partial charge in [-0.25, -0.2) is 9.97 Å². The zero-order valence-corrected chi connectivity index (χ0v) is 18.0. The quantitative estimate of drug-likeness (QED) is 0.570. The average Bonchev–Trinajstić information content (AvgIpc) is 2.62. The van der Waals surface area contributed by atoms with Gasteiger partial charge >= 0.3 is 0 Å². The van der Waals surface area contributed by atoms with Crippen LogP contribution in [-0.4, -0.2) is 49.9 Å². The molecule has 4 bridgehead atoms. The number of anilines is 1. The Morgan fingerprint density at radius 1 is 1.23 bits per heavy atom. The molecule has 0 aromatic carbocycles. The Kier molecular flexibility index (Phi) is 4.82. The predicted octanol–water partition coefficient (Wildman–Crippen LogP) is 2.60. The van der Waals surface area contributed by atoms with Gasteiger partial charge in [-0.3, -0.25) is 4.79 Å². The zero-order valence-electron chi connectivity index (χ0n) is 18.0. The highest BCUT2D eigenvalue weighted by atomic mass is 16.3. The fourth-order valence-corrected chi connectivity index (χ4v) is 6.41. The number of aliphatic hydroxyl groups excluding tert-OH is 1. The standard InChI is InChI=1S/C23H34N4O3/c1-22(2,12-28)27-21-24-11-17(19(26-21)14-4-3-5-14)20(29)25-18-15-6-13-7-16(18)10-23(30,8-13)9-15/h11,13-16,18,28,30H,3-10,12H2,1-2H3,(H,25,29)(H,24,26,27). The Hall–Kier alpha value is -1.73. The number of aliphatic hydroxyl groups is 2. The van der Waals surface area contributed by atoms with E-state index in [1.54, 1.807) is 6.20 Å². The van der Waals surface area contributed by atoms with Crippen LogP contribution in [0.1, 0.15) is 87.2 Å². The van der Waals surface area contributed by atoms with Crippen molar-refractivity contribution in [1.29, 1.82) is 0 Å². The molecule has 0 aliphatic heterocycles. The van der Waals surface area contributed by atoms with Crippen LogP contribution in [0.25, 0.3) is 0 Å². The molecule has 0 spiro atoms. The van der Waals surface area contributed by atoms with Gasteiger partial charge in [-0.05, 0) is 76.5 Å². The number of carbonyl (C=O) groups is 1.